The molecule has 0 unspecified atom stereocenters. The molecule has 144 valence electrons. The van der Waals surface area contributed by atoms with Crippen LogP contribution in [0.25, 0.3) is 0 Å². The summed E-state index contributed by atoms with van der Waals surface area (Å²) in [5, 5.41) is 3.18. The fourth-order valence-corrected chi connectivity index (χ4v) is 3.37. The molecule has 3 rings (SSSR count). The summed E-state index contributed by atoms with van der Waals surface area (Å²) < 4.78 is 11.6. The Kier molecular flexibility index (Phi) is 7.08. The van der Waals surface area contributed by atoms with Gasteiger partial charge in [-0.25, -0.2) is 0 Å². The molecular formula is C22H28N2O3. The zero-order valence-corrected chi connectivity index (χ0v) is 15.9. The van der Waals surface area contributed by atoms with E-state index < -0.39 is 0 Å². The Balaban J connectivity index is 1.67. The maximum absolute atomic E-state index is 12.7. The molecular weight excluding hydrogens is 340 g/mol. The topological polar surface area (TPSA) is 60.5 Å². The molecule has 0 bridgehead atoms. The Labute approximate surface area is 161 Å². The standard InChI is InChI=1S/C22H28N2O3/c1-2-26-21-14-18(22(25)24-19-9-5-3-4-6-10-19)11-12-20(21)27-16-17-8-7-13-23-15-17/h7-8,11-15,19H,2-6,9-10,16H2,1H3,(H,24,25). The Morgan fingerprint density at radius 1 is 1.11 bits per heavy atom. The van der Waals surface area contributed by atoms with Crippen LogP contribution in [0.4, 0.5) is 0 Å². The molecule has 1 aliphatic carbocycles. The first kappa shape index (κ1) is 19.2. The highest BCUT2D eigenvalue weighted by Gasteiger charge is 2.17. The third-order valence-electron chi connectivity index (χ3n) is 4.81. The SMILES string of the molecule is CCOc1cc(C(=O)NC2CCCCCC2)ccc1OCc1cccnc1. The molecule has 1 N–H and O–H groups in total. The molecule has 27 heavy (non-hydrogen) atoms. The summed E-state index contributed by atoms with van der Waals surface area (Å²) >= 11 is 0. The van der Waals surface area contributed by atoms with Crippen LogP contribution in [0.15, 0.2) is 42.7 Å². The lowest BCUT2D eigenvalue weighted by Crippen LogP contribution is -2.34. The summed E-state index contributed by atoms with van der Waals surface area (Å²) in [7, 11) is 0. The molecule has 0 radical (unpaired) electrons. The van der Waals surface area contributed by atoms with Gasteiger partial charge in [0, 0.05) is 29.6 Å². The van der Waals surface area contributed by atoms with Crippen molar-refractivity contribution in [1.29, 1.82) is 0 Å². The molecule has 1 fully saturated rings. The quantitative estimate of drug-likeness (QED) is 0.731. The van der Waals surface area contributed by atoms with Crippen molar-refractivity contribution in [1.82, 2.24) is 10.3 Å². The molecule has 0 spiro atoms. The largest absolute Gasteiger partial charge is 0.490 e. The Hall–Kier alpha value is -2.56. The van der Waals surface area contributed by atoms with Crippen molar-refractivity contribution in [2.24, 2.45) is 0 Å². The number of carbonyl (C=O) groups excluding carboxylic acids is 1. The molecule has 1 saturated carbocycles. The van der Waals surface area contributed by atoms with Crippen LogP contribution in [0, 0.1) is 0 Å². The average molecular weight is 368 g/mol. The molecule has 0 saturated heterocycles. The van der Waals surface area contributed by atoms with Crippen molar-refractivity contribution < 1.29 is 14.3 Å². The van der Waals surface area contributed by atoms with Crippen molar-refractivity contribution in [3.8, 4) is 11.5 Å². The first-order chi connectivity index (χ1) is 13.3. The Morgan fingerprint density at radius 3 is 2.63 bits per heavy atom. The monoisotopic (exact) mass is 368 g/mol. The molecule has 1 aliphatic rings. The van der Waals surface area contributed by atoms with Gasteiger partial charge in [0.25, 0.3) is 5.91 Å². The Bertz CT molecular complexity index is 726. The van der Waals surface area contributed by atoms with E-state index in [1.807, 2.05) is 25.1 Å². The van der Waals surface area contributed by atoms with E-state index in [1.165, 1.54) is 25.7 Å². The van der Waals surface area contributed by atoms with Gasteiger partial charge in [0.15, 0.2) is 11.5 Å². The number of nitrogens with zero attached hydrogens (tertiary/aromatic N) is 1. The van der Waals surface area contributed by atoms with Crippen molar-refractivity contribution in [2.45, 2.75) is 58.1 Å². The van der Waals surface area contributed by atoms with Gasteiger partial charge in [-0.15, -0.1) is 0 Å². The van der Waals surface area contributed by atoms with Crippen molar-refractivity contribution in [3.63, 3.8) is 0 Å². The molecule has 1 aromatic carbocycles. The van der Waals surface area contributed by atoms with Crippen LogP contribution in [0.3, 0.4) is 0 Å². The number of hydrogen-bond acceptors (Lipinski definition) is 4. The first-order valence-corrected chi connectivity index (χ1v) is 9.85. The lowest BCUT2D eigenvalue weighted by atomic mass is 10.1. The lowest BCUT2D eigenvalue weighted by Gasteiger charge is -2.17. The van der Waals surface area contributed by atoms with Crippen LogP contribution in [0.5, 0.6) is 11.5 Å². The van der Waals surface area contributed by atoms with Crippen molar-refractivity contribution in [3.05, 3.63) is 53.9 Å². The van der Waals surface area contributed by atoms with Crippen LogP contribution in [0.1, 0.15) is 61.4 Å². The van der Waals surface area contributed by atoms with Gasteiger partial charge in [-0.3, -0.25) is 9.78 Å². The molecule has 0 atom stereocenters. The minimum atomic E-state index is -0.0401. The highest BCUT2D eigenvalue weighted by Crippen LogP contribution is 2.29. The van der Waals surface area contributed by atoms with E-state index in [2.05, 4.69) is 10.3 Å². The van der Waals surface area contributed by atoms with Gasteiger partial charge >= 0.3 is 0 Å². The van der Waals surface area contributed by atoms with Crippen molar-refractivity contribution >= 4 is 5.91 Å². The van der Waals surface area contributed by atoms with E-state index in [-0.39, 0.29) is 11.9 Å². The van der Waals surface area contributed by atoms with E-state index in [9.17, 15) is 4.79 Å². The van der Waals surface area contributed by atoms with Crippen LogP contribution >= 0.6 is 0 Å². The van der Waals surface area contributed by atoms with Gasteiger partial charge in [0.2, 0.25) is 0 Å². The minimum absolute atomic E-state index is 0.0401. The predicted molar refractivity (Wildman–Crippen MR) is 105 cm³/mol. The zero-order valence-electron chi connectivity index (χ0n) is 15.9. The van der Waals surface area contributed by atoms with E-state index in [1.54, 1.807) is 24.5 Å². The summed E-state index contributed by atoms with van der Waals surface area (Å²) in [6, 6.07) is 9.49. The first-order valence-electron chi connectivity index (χ1n) is 9.85. The van der Waals surface area contributed by atoms with E-state index in [0.717, 1.165) is 18.4 Å². The fraction of sp³-hybridized carbons (Fsp3) is 0.455. The van der Waals surface area contributed by atoms with E-state index in [0.29, 0.717) is 30.3 Å². The van der Waals surface area contributed by atoms with Crippen LogP contribution in [-0.4, -0.2) is 23.5 Å². The third kappa shape index (κ3) is 5.71. The lowest BCUT2D eigenvalue weighted by molar-refractivity contribution is 0.0933. The molecule has 1 heterocycles. The van der Waals surface area contributed by atoms with E-state index in [4.69, 9.17) is 9.47 Å². The number of amides is 1. The second kappa shape index (κ2) is 9.95. The van der Waals surface area contributed by atoms with Crippen LogP contribution < -0.4 is 14.8 Å². The molecule has 5 heteroatoms. The number of benzene rings is 1. The Morgan fingerprint density at radius 2 is 1.93 bits per heavy atom. The summed E-state index contributed by atoms with van der Waals surface area (Å²) in [6.07, 6.45) is 10.6. The van der Waals surface area contributed by atoms with Crippen molar-refractivity contribution in [2.75, 3.05) is 6.61 Å². The predicted octanol–water partition coefficient (Wildman–Crippen LogP) is 4.51. The van der Waals surface area contributed by atoms with Gasteiger partial charge in [-0.1, -0.05) is 31.7 Å². The number of rotatable bonds is 7. The van der Waals surface area contributed by atoms with Crippen LogP contribution in [-0.2, 0) is 6.61 Å². The maximum Gasteiger partial charge on any atom is 0.251 e. The van der Waals surface area contributed by atoms with E-state index >= 15 is 0 Å². The highest BCUT2D eigenvalue weighted by atomic mass is 16.5. The van der Waals surface area contributed by atoms with Crippen LogP contribution in [0.2, 0.25) is 0 Å². The second-order valence-electron chi connectivity index (χ2n) is 6.91. The number of hydrogen-bond donors (Lipinski definition) is 1. The zero-order chi connectivity index (χ0) is 18.9. The summed E-state index contributed by atoms with van der Waals surface area (Å²) in [6.45, 7) is 2.83. The normalized spacial score (nSPS) is 15.0. The third-order valence-corrected chi connectivity index (χ3v) is 4.81. The number of pyridine rings is 1. The van der Waals surface area contributed by atoms with Gasteiger partial charge in [0.05, 0.1) is 6.61 Å². The summed E-state index contributed by atoms with van der Waals surface area (Å²) in [5.41, 5.74) is 1.59. The molecule has 0 aliphatic heterocycles. The minimum Gasteiger partial charge on any atom is -0.490 e. The number of nitrogens with one attached hydrogen (secondary N) is 1. The van der Waals surface area contributed by atoms with Gasteiger partial charge in [-0.05, 0) is 44.0 Å². The average Bonchev–Trinajstić information content (AvgIpc) is 2.96. The summed E-state index contributed by atoms with van der Waals surface area (Å²) in [4.78, 5) is 16.7. The highest BCUT2D eigenvalue weighted by molar-refractivity contribution is 5.95. The molecule has 2 aromatic rings. The van der Waals surface area contributed by atoms with Gasteiger partial charge < -0.3 is 14.8 Å². The number of ether oxygens (including phenoxy) is 2. The molecule has 1 aromatic heterocycles. The second-order valence-corrected chi connectivity index (χ2v) is 6.91. The summed E-state index contributed by atoms with van der Waals surface area (Å²) in [5.74, 6) is 1.18. The molecule has 5 nitrogen and oxygen atoms in total. The number of aromatic nitrogens is 1. The fourth-order valence-electron chi connectivity index (χ4n) is 3.37. The molecule has 1 amide bonds. The number of carbonyl (C=O) groups is 1. The van der Waals surface area contributed by atoms with Gasteiger partial charge in [0.1, 0.15) is 6.61 Å². The van der Waals surface area contributed by atoms with Gasteiger partial charge in [-0.2, -0.15) is 0 Å². The maximum atomic E-state index is 12.7. The smallest absolute Gasteiger partial charge is 0.251 e.